The van der Waals surface area contributed by atoms with Crippen LogP contribution in [0.5, 0.6) is 5.75 Å². The molecule has 0 bridgehead atoms. The molecule has 2 aromatic rings. The van der Waals surface area contributed by atoms with E-state index in [1.807, 2.05) is 19.9 Å². The number of unbranched alkanes of at least 4 members (excludes halogenated alkanes) is 1. The van der Waals surface area contributed by atoms with Crippen molar-refractivity contribution in [2.45, 2.75) is 39.7 Å². The molecule has 0 fully saturated rings. The van der Waals surface area contributed by atoms with Crippen molar-refractivity contribution in [3.8, 4) is 5.75 Å². The van der Waals surface area contributed by atoms with Crippen LogP contribution in [-0.4, -0.2) is 48.3 Å². The maximum Gasteiger partial charge on any atom is 0.338 e. The highest BCUT2D eigenvalue weighted by molar-refractivity contribution is 6.22. The Morgan fingerprint density at radius 3 is 2.47 bits per heavy atom. The lowest BCUT2D eigenvalue weighted by Gasteiger charge is -2.16. The molecule has 0 saturated carbocycles. The zero-order chi connectivity index (χ0) is 23.4. The van der Waals surface area contributed by atoms with E-state index in [0.717, 1.165) is 12.0 Å². The van der Waals surface area contributed by atoms with Gasteiger partial charge in [0.15, 0.2) is 6.10 Å². The molecule has 0 aromatic heterocycles. The Morgan fingerprint density at radius 1 is 1.06 bits per heavy atom. The summed E-state index contributed by atoms with van der Waals surface area (Å²) < 4.78 is 10.5. The lowest BCUT2D eigenvalue weighted by Crippen LogP contribution is -2.30. The summed E-state index contributed by atoms with van der Waals surface area (Å²) in [7, 11) is 1.49. The number of hydrogen-bond acceptors (Lipinski definition) is 6. The van der Waals surface area contributed by atoms with Crippen LogP contribution in [0.15, 0.2) is 36.4 Å². The fourth-order valence-corrected chi connectivity index (χ4v) is 3.37. The molecule has 8 nitrogen and oxygen atoms in total. The number of ether oxygens (including phenoxy) is 2. The van der Waals surface area contributed by atoms with Gasteiger partial charge in [-0.1, -0.05) is 19.4 Å². The van der Waals surface area contributed by atoms with E-state index in [0.29, 0.717) is 24.4 Å². The molecule has 1 heterocycles. The van der Waals surface area contributed by atoms with Crippen LogP contribution < -0.4 is 10.1 Å². The van der Waals surface area contributed by atoms with Gasteiger partial charge < -0.3 is 14.8 Å². The number of nitrogens with zero attached hydrogens (tertiary/aromatic N) is 1. The number of anilines is 1. The van der Waals surface area contributed by atoms with Crippen molar-refractivity contribution in [1.82, 2.24) is 4.90 Å². The van der Waals surface area contributed by atoms with Crippen LogP contribution in [0.25, 0.3) is 0 Å². The van der Waals surface area contributed by atoms with Gasteiger partial charge in [-0.05, 0) is 56.2 Å². The molecule has 1 aliphatic heterocycles. The van der Waals surface area contributed by atoms with E-state index in [2.05, 4.69) is 5.32 Å². The highest BCUT2D eigenvalue weighted by Gasteiger charge is 2.35. The van der Waals surface area contributed by atoms with E-state index in [1.54, 1.807) is 12.1 Å². The van der Waals surface area contributed by atoms with Crippen molar-refractivity contribution in [1.29, 1.82) is 0 Å². The molecule has 8 heteroatoms. The van der Waals surface area contributed by atoms with Crippen molar-refractivity contribution in [2.75, 3.05) is 19.0 Å². The number of hydrogen-bond donors (Lipinski definition) is 1. The summed E-state index contributed by atoms with van der Waals surface area (Å²) in [5.41, 5.74) is 1.92. The van der Waals surface area contributed by atoms with Crippen LogP contribution in [0.3, 0.4) is 0 Å². The largest absolute Gasteiger partial charge is 0.495 e. The second-order valence-corrected chi connectivity index (χ2v) is 7.62. The van der Waals surface area contributed by atoms with Gasteiger partial charge in [-0.25, -0.2) is 4.79 Å². The summed E-state index contributed by atoms with van der Waals surface area (Å²) in [4.78, 5) is 51.3. The Kier molecular flexibility index (Phi) is 6.92. The average molecular weight is 438 g/mol. The lowest BCUT2D eigenvalue weighted by molar-refractivity contribution is -0.123. The smallest absolute Gasteiger partial charge is 0.338 e. The van der Waals surface area contributed by atoms with E-state index >= 15 is 0 Å². The van der Waals surface area contributed by atoms with Crippen LogP contribution in [0.4, 0.5) is 5.69 Å². The molecule has 3 amide bonds. The quantitative estimate of drug-likeness (QED) is 0.499. The number of amides is 3. The van der Waals surface area contributed by atoms with E-state index in [4.69, 9.17) is 9.47 Å². The van der Waals surface area contributed by atoms with Crippen LogP contribution in [0, 0.1) is 6.92 Å². The SMILES string of the molecule is CCCCN1C(=O)c2ccc(C(=O)OC(C)C(=O)Nc3cc(C)ccc3OC)cc2C1=O. The van der Waals surface area contributed by atoms with Gasteiger partial charge in [0, 0.05) is 6.54 Å². The molecule has 1 N–H and O–H groups in total. The number of methoxy groups -OCH3 is 1. The first-order valence-corrected chi connectivity index (χ1v) is 10.4. The van der Waals surface area contributed by atoms with E-state index in [9.17, 15) is 19.2 Å². The first kappa shape index (κ1) is 23.0. The predicted octanol–water partition coefficient (Wildman–Crippen LogP) is 3.58. The minimum Gasteiger partial charge on any atom is -0.495 e. The Bertz CT molecular complexity index is 1080. The second kappa shape index (κ2) is 9.64. The number of fused-ring (bicyclic) bond motifs is 1. The molecule has 2 aromatic carbocycles. The van der Waals surface area contributed by atoms with Crippen LogP contribution in [0.1, 0.15) is 63.3 Å². The number of nitrogens with one attached hydrogen (secondary N) is 1. The molecule has 3 rings (SSSR count). The normalized spacial score (nSPS) is 13.6. The van der Waals surface area contributed by atoms with Crippen molar-refractivity contribution in [2.24, 2.45) is 0 Å². The summed E-state index contributed by atoms with van der Waals surface area (Å²) >= 11 is 0. The number of carbonyl (C=O) groups excluding carboxylic acids is 4. The third-order valence-electron chi connectivity index (χ3n) is 5.21. The molecular formula is C24H26N2O6. The molecule has 0 radical (unpaired) electrons. The highest BCUT2D eigenvalue weighted by Crippen LogP contribution is 2.26. The van der Waals surface area contributed by atoms with Crippen LogP contribution in [-0.2, 0) is 9.53 Å². The van der Waals surface area contributed by atoms with Crippen molar-refractivity contribution in [3.05, 3.63) is 58.7 Å². The zero-order valence-corrected chi connectivity index (χ0v) is 18.6. The Morgan fingerprint density at radius 2 is 1.78 bits per heavy atom. The standard InChI is InChI=1S/C24H26N2O6/c1-5-6-11-26-22(28)17-9-8-16(13-18(17)23(26)29)24(30)32-15(3)21(27)25-19-12-14(2)7-10-20(19)31-4/h7-10,12-13,15H,5-6,11H2,1-4H3,(H,25,27). The maximum atomic E-state index is 12.6. The monoisotopic (exact) mass is 438 g/mol. The third kappa shape index (κ3) is 4.64. The molecule has 168 valence electrons. The Hall–Kier alpha value is -3.68. The molecule has 0 saturated heterocycles. The van der Waals surface area contributed by atoms with Gasteiger partial charge in [0.25, 0.3) is 17.7 Å². The summed E-state index contributed by atoms with van der Waals surface area (Å²) in [6, 6.07) is 9.54. The molecule has 1 aliphatic rings. The molecule has 0 spiro atoms. The fraction of sp³-hybridized carbons (Fsp3) is 0.333. The molecule has 1 unspecified atom stereocenters. The number of rotatable bonds is 8. The fourth-order valence-electron chi connectivity index (χ4n) is 3.37. The van der Waals surface area contributed by atoms with E-state index in [-0.39, 0.29) is 22.6 Å². The van der Waals surface area contributed by atoms with Gasteiger partial charge in [0.1, 0.15) is 5.75 Å². The van der Waals surface area contributed by atoms with Crippen molar-refractivity contribution in [3.63, 3.8) is 0 Å². The van der Waals surface area contributed by atoms with Gasteiger partial charge in [-0.15, -0.1) is 0 Å². The minimum absolute atomic E-state index is 0.0926. The van der Waals surface area contributed by atoms with Gasteiger partial charge in [-0.2, -0.15) is 0 Å². The van der Waals surface area contributed by atoms with Crippen molar-refractivity contribution >= 4 is 29.4 Å². The van der Waals surface area contributed by atoms with E-state index in [1.165, 1.54) is 37.1 Å². The zero-order valence-electron chi connectivity index (χ0n) is 18.6. The first-order chi connectivity index (χ1) is 15.3. The topological polar surface area (TPSA) is 102 Å². The number of aryl methyl sites for hydroxylation is 1. The first-order valence-electron chi connectivity index (χ1n) is 10.4. The Balaban J connectivity index is 1.70. The van der Waals surface area contributed by atoms with Crippen molar-refractivity contribution < 1.29 is 28.7 Å². The minimum atomic E-state index is -1.10. The second-order valence-electron chi connectivity index (χ2n) is 7.62. The number of esters is 1. The number of carbonyl (C=O) groups is 4. The summed E-state index contributed by atoms with van der Waals surface area (Å²) in [6.07, 6.45) is 0.456. The van der Waals surface area contributed by atoms with Gasteiger partial charge >= 0.3 is 5.97 Å². The Labute approximate surface area is 186 Å². The lowest BCUT2D eigenvalue weighted by atomic mass is 10.1. The van der Waals surface area contributed by atoms with Crippen LogP contribution in [0.2, 0.25) is 0 Å². The summed E-state index contributed by atoms with van der Waals surface area (Å²) in [5, 5.41) is 2.69. The number of imide groups is 1. The number of benzene rings is 2. The predicted molar refractivity (Wildman–Crippen MR) is 118 cm³/mol. The molecule has 0 aliphatic carbocycles. The third-order valence-corrected chi connectivity index (χ3v) is 5.21. The molecular weight excluding hydrogens is 412 g/mol. The van der Waals surface area contributed by atoms with Gasteiger partial charge in [0.05, 0.1) is 29.5 Å². The summed E-state index contributed by atoms with van der Waals surface area (Å²) in [6.45, 7) is 5.63. The van der Waals surface area contributed by atoms with E-state index < -0.39 is 23.9 Å². The van der Waals surface area contributed by atoms with Gasteiger partial charge in [-0.3, -0.25) is 19.3 Å². The van der Waals surface area contributed by atoms with Gasteiger partial charge in [0.2, 0.25) is 0 Å². The molecule has 1 atom stereocenters. The average Bonchev–Trinajstić information content (AvgIpc) is 3.01. The molecule has 32 heavy (non-hydrogen) atoms. The summed E-state index contributed by atoms with van der Waals surface area (Å²) in [5.74, 6) is -1.60. The van der Waals surface area contributed by atoms with Crippen LogP contribution >= 0.6 is 0 Å². The maximum absolute atomic E-state index is 12.6. The highest BCUT2D eigenvalue weighted by atomic mass is 16.5.